The van der Waals surface area contributed by atoms with Gasteiger partial charge in [-0.3, -0.25) is 43.2 Å². The van der Waals surface area contributed by atoms with Gasteiger partial charge in [0.1, 0.15) is 36.3 Å². The summed E-state index contributed by atoms with van der Waals surface area (Å²) in [5.41, 5.74) is 5.26. The number of nitrogens with one attached hydrogen (secondary N) is 6. The lowest BCUT2D eigenvalue weighted by Crippen LogP contribution is -2.62. The van der Waals surface area contributed by atoms with Crippen LogP contribution >= 0.6 is 11.8 Å². The number of aliphatic hydroxyl groups excluding tert-OH is 1. The first-order valence-corrected chi connectivity index (χ1v) is 18.1. The number of amides is 6. The molecule has 0 aliphatic carbocycles. The standard InChI is InChI=1S/C31H51N7O15S/c1-5-14(2)24(37-27(48)17(10-11-54-4)34-28(49)19(12-23(45)46)33-20(40)13-32)29(50)38-25(15(3)39)30(51)35-16(6-8-21(41)42)26(47)36-18(31(52)53)7-9-22(43)44/h14-19,24-25,39H,5-13,32H2,1-4H3,(H,33,40)(H,34,49)(H,35,51)(H,36,47)(H,37,48)(H,38,50)(H,41,42)(H,43,44)(H,45,46)(H,52,53). The molecule has 22 nitrogen and oxygen atoms in total. The Kier molecular flexibility index (Phi) is 22.7. The Hall–Kier alpha value is -5.03. The topological polar surface area (TPSA) is 370 Å². The lowest BCUT2D eigenvalue weighted by atomic mass is 9.96. The van der Waals surface area contributed by atoms with Crippen LogP contribution in [0.4, 0.5) is 0 Å². The summed E-state index contributed by atoms with van der Waals surface area (Å²) in [6.07, 6.45) is -2.95. The van der Waals surface area contributed by atoms with Crippen LogP contribution in [0.25, 0.3) is 0 Å². The van der Waals surface area contributed by atoms with E-state index in [1.54, 1.807) is 20.1 Å². The molecule has 306 valence electrons. The molecule has 0 saturated heterocycles. The molecule has 0 spiro atoms. The van der Waals surface area contributed by atoms with Gasteiger partial charge in [0.05, 0.1) is 19.1 Å². The number of aliphatic carboxylic acids is 4. The number of carbonyl (C=O) groups excluding carboxylic acids is 6. The Labute approximate surface area is 314 Å². The van der Waals surface area contributed by atoms with E-state index in [9.17, 15) is 63.3 Å². The van der Waals surface area contributed by atoms with Crippen LogP contribution in [0.2, 0.25) is 0 Å². The number of thioether (sulfide) groups is 1. The molecule has 23 heteroatoms. The predicted molar refractivity (Wildman–Crippen MR) is 188 cm³/mol. The van der Waals surface area contributed by atoms with Crippen LogP contribution in [-0.2, 0) is 47.9 Å². The molecule has 0 aromatic rings. The van der Waals surface area contributed by atoms with Gasteiger partial charge < -0.3 is 63.2 Å². The van der Waals surface area contributed by atoms with Crippen molar-refractivity contribution in [2.24, 2.45) is 11.7 Å². The van der Waals surface area contributed by atoms with Gasteiger partial charge >= 0.3 is 23.9 Å². The van der Waals surface area contributed by atoms with Crippen LogP contribution in [-0.4, -0.2) is 146 Å². The second-order valence-electron chi connectivity index (χ2n) is 12.2. The number of rotatable bonds is 27. The first kappa shape index (κ1) is 49.0. The highest BCUT2D eigenvalue weighted by molar-refractivity contribution is 7.98. The molecule has 0 fully saturated rings. The summed E-state index contributed by atoms with van der Waals surface area (Å²) in [6.45, 7) is 3.79. The third-order valence-corrected chi connectivity index (χ3v) is 8.50. The van der Waals surface area contributed by atoms with Crippen LogP contribution in [0, 0.1) is 5.92 Å². The van der Waals surface area contributed by atoms with E-state index in [-0.39, 0.29) is 12.8 Å². The highest BCUT2D eigenvalue weighted by atomic mass is 32.2. The van der Waals surface area contributed by atoms with Gasteiger partial charge in [0.15, 0.2) is 0 Å². The highest BCUT2D eigenvalue weighted by Gasteiger charge is 2.36. The number of nitrogens with two attached hydrogens (primary N) is 1. The molecule has 54 heavy (non-hydrogen) atoms. The van der Waals surface area contributed by atoms with Crippen molar-refractivity contribution in [3.63, 3.8) is 0 Å². The van der Waals surface area contributed by atoms with Crippen LogP contribution in [0.15, 0.2) is 0 Å². The highest BCUT2D eigenvalue weighted by Crippen LogP contribution is 2.12. The molecule has 8 unspecified atom stereocenters. The van der Waals surface area contributed by atoms with Crippen molar-refractivity contribution < 1.29 is 73.5 Å². The lowest BCUT2D eigenvalue weighted by Gasteiger charge is -2.30. The van der Waals surface area contributed by atoms with Gasteiger partial charge in [-0.2, -0.15) is 11.8 Å². The molecule has 8 atom stereocenters. The molecule has 0 heterocycles. The third kappa shape index (κ3) is 18.6. The van der Waals surface area contributed by atoms with Crippen LogP contribution in [0.5, 0.6) is 0 Å². The minimum Gasteiger partial charge on any atom is -0.481 e. The third-order valence-electron chi connectivity index (χ3n) is 7.86. The van der Waals surface area contributed by atoms with Crippen molar-refractivity contribution in [3.8, 4) is 0 Å². The number of aliphatic hydroxyl groups is 1. The van der Waals surface area contributed by atoms with Gasteiger partial charge in [-0.15, -0.1) is 0 Å². The van der Waals surface area contributed by atoms with Gasteiger partial charge in [-0.1, -0.05) is 20.3 Å². The molecule has 13 N–H and O–H groups in total. The molecule has 0 aromatic heterocycles. The predicted octanol–water partition coefficient (Wildman–Crippen LogP) is -3.68. The molecule has 0 aliphatic rings. The maximum Gasteiger partial charge on any atom is 0.326 e. The molecule has 0 aromatic carbocycles. The number of carboxylic acids is 4. The van der Waals surface area contributed by atoms with Crippen molar-refractivity contribution in [3.05, 3.63) is 0 Å². The summed E-state index contributed by atoms with van der Waals surface area (Å²) < 4.78 is 0. The molecule has 0 saturated carbocycles. The molecular formula is C31H51N7O15S. The zero-order valence-corrected chi connectivity index (χ0v) is 31.1. The number of carboxylic acid groups (broad SMARTS) is 4. The average Bonchev–Trinajstić information content (AvgIpc) is 3.09. The van der Waals surface area contributed by atoms with Gasteiger partial charge in [0.25, 0.3) is 0 Å². The maximum absolute atomic E-state index is 13.6. The van der Waals surface area contributed by atoms with E-state index < -0.39 is 146 Å². The van der Waals surface area contributed by atoms with E-state index in [4.69, 9.17) is 15.9 Å². The first-order chi connectivity index (χ1) is 25.2. The van der Waals surface area contributed by atoms with E-state index in [0.29, 0.717) is 5.75 Å². The van der Waals surface area contributed by atoms with Gasteiger partial charge in [0.2, 0.25) is 35.4 Å². The monoisotopic (exact) mass is 793 g/mol. The normalized spacial score (nSPS) is 15.3. The number of hydrogen-bond acceptors (Lipinski definition) is 13. The lowest BCUT2D eigenvalue weighted by molar-refractivity contribution is -0.144. The Morgan fingerprint density at radius 3 is 1.50 bits per heavy atom. The van der Waals surface area contributed by atoms with Gasteiger partial charge in [0, 0.05) is 12.8 Å². The van der Waals surface area contributed by atoms with Crippen molar-refractivity contribution >= 4 is 71.1 Å². The van der Waals surface area contributed by atoms with E-state index in [1.807, 2.05) is 5.32 Å². The Balaban J connectivity index is 6.26. The molecule has 6 amide bonds. The molecule has 0 rings (SSSR count). The minimum absolute atomic E-state index is 0.00421. The average molecular weight is 794 g/mol. The first-order valence-electron chi connectivity index (χ1n) is 16.7. The van der Waals surface area contributed by atoms with Crippen molar-refractivity contribution in [1.82, 2.24) is 31.9 Å². The molecular weight excluding hydrogens is 742 g/mol. The largest absolute Gasteiger partial charge is 0.481 e. The number of carbonyl (C=O) groups is 10. The van der Waals surface area contributed by atoms with Gasteiger partial charge in [-0.05, 0) is 44.1 Å². The number of hydrogen-bond donors (Lipinski definition) is 12. The smallest absolute Gasteiger partial charge is 0.326 e. The minimum atomic E-state index is -1.82. The Bertz CT molecular complexity index is 1370. The fourth-order valence-electron chi connectivity index (χ4n) is 4.61. The summed E-state index contributed by atoms with van der Waals surface area (Å²) in [6, 6.07) is -9.61. The Morgan fingerprint density at radius 2 is 1.04 bits per heavy atom. The SMILES string of the molecule is CCC(C)C(NC(=O)C(CCSC)NC(=O)C(CC(=O)O)NC(=O)CN)C(=O)NC(C(=O)NC(CCC(=O)O)C(=O)NC(CCC(=O)O)C(=O)O)C(C)O. The maximum atomic E-state index is 13.6. The van der Waals surface area contributed by atoms with Crippen LogP contribution in [0.1, 0.15) is 65.7 Å². The zero-order valence-electron chi connectivity index (χ0n) is 30.3. The van der Waals surface area contributed by atoms with E-state index in [1.165, 1.54) is 11.8 Å². The Morgan fingerprint density at radius 1 is 0.593 bits per heavy atom. The zero-order chi connectivity index (χ0) is 41.7. The summed E-state index contributed by atoms with van der Waals surface area (Å²) in [5, 5.41) is 60.7. The van der Waals surface area contributed by atoms with Crippen LogP contribution in [0.3, 0.4) is 0 Å². The van der Waals surface area contributed by atoms with E-state index in [2.05, 4.69) is 26.6 Å². The summed E-state index contributed by atoms with van der Waals surface area (Å²) >= 11 is 1.30. The molecule has 0 radical (unpaired) electrons. The second kappa shape index (κ2) is 25.1. The summed E-state index contributed by atoms with van der Waals surface area (Å²) in [7, 11) is 0. The van der Waals surface area contributed by atoms with Gasteiger partial charge in [-0.25, -0.2) is 4.79 Å². The summed E-state index contributed by atoms with van der Waals surface area (Å²) in [5.74, 6) is -12.2. The second-order valence-corrected chi connectivity index (χ2v) is 13.2. The quantitative estimate of drug-likeness (QED) is 0.0381. The van der Waals surface area contributed by atoms with Crippen molar-refractivity contribution in [1.29, 1.82) is 0 Å². The molecule has 0 aliphatic heterocycles. The fraction of sp³-hybridized carbons (Fsp3) is 0.677. The fourth-order valence-corrected chi connectivity index (χ4v) is 5.09. The molecule has 0 bridgehead atoms. The van der Waals surface area contributed by atoms with Crippen molar-refractivity contribution in [2.45, 2.75) is 108 Å². The van der Waals surface area contributed by atoms with Crippen molar-refractivity contribution in [2.75, 3.05) is 18.6 Å². The van der Waals surface area contributed by atoms with E-state index in [0.717, 1.165) is 6.92 Å². The van der Waals surface area contributed by atoms with Crippen LogP contribution < -0.4 is 37.6 Å². The summed E-state index contributed by atoms with van der Waals surface area (Å²) in [4.78, 5) is 123. The van der Waals surface area contributed by atoms with E-state index >= 15 is 0 Å².